The van der Waals surface area contributed by atoms with Crippen molar-refractivity contribution in [3.05, 3.63) is 41.9 Å². The number of carbonyl (C=O) groups excluding carboxylic acids is 2. The number of nitrogens with one attached hydrogen (secondary N) is 2. The standard InChI is InChI=1S/C17H14N4O3S/c1-2-24-17(23)12-7-11-15(18-8-19-16(11)21-12)20-10-4-3-9-5-14(22)25-13(9)6-10/h3-4,6-8H,2,5H2,1H3,(H2,18,19,20,21). The minimum Gasteiger partial charge on any atom is -0.461 e. The number of carbonyl (C=O) groups is 2. The van der Waals surface area contributed by atoms with Crippen molar-refractivity contribution >= 4 is 45.4 Å². The van der Waals surface area contributed by atoms with Crippen molar-refractivity contribution in [3.63, 3.8) is 0 Å². The Hall–Kier alpha value is -2.87. The number of hydrogen-bond donors (Lipinski definition) is 2. The molecule has 0 saturated heterocycles. The second-order valence-corrected chi connectivity index (χ2v) is 6.59. The van der Waals surface area contributed by atoms with Crippen LogP contribution in [0.3, 0.4) is 0 Å². The first-order valence-electron chi connectivity index (χ1n) is 7.75. The van der Waals surface area contributed by atoms with E-state index >= 15 is 0 Å². The van der Waals surface area contributed by atoms with E-state index in [1.807, 2.05) is 18.2 Å². The second-order valence-electron chi connectivity index (χ2n) is 5.49. The lowest BCUT2D eigenvalue weighted by Gasteiger charge is -2.07. The van der Waals surface area contributed by atoms with Gasteiger partial charge in [0.05, 0.1) is 12.0 Å². The predicted molar refractivity (Wildman–Crippen MR) is 94.1 cm³/mol. The topological polar surface area (TPSA) is 97.0 Å². The zero-order chi connectivity index (χ0) is 17.4. The van der Waals surface area contributed by atoms with E-state index in [0.717, 1.165) is 16.1 Å². The number of ether oxygens (including phenoxy) is 1. The Labute approximate surface area is 147 Å². The zero-order valence-electron chi connectivity index (χ0n) is 13.3. The first kappa shape index (κ1) is 15.6. The van der Waals surface area contributed by atoms with Crippen LogP contribution in [0.4, 0.5) is 11.5 Å². The van der Waals surface area contributed by atoms with Crippen LogP contribution in [0.5, 0.6) is 0 Å². The molecule has 126 valence electrons. The summed E-state index contributed by atoms with van der Waals surface area (Å²) in [6.07, 6.45) is 1.89. The number of nitrogens with zero attached hydrogens (tertiary/aromatic N) is 2. The number of anilines is 2. The number of esters is 1. The fraction of sp³-hybridized carbons (Fsp3) is 0.176. The SMILES string of the molecule is CCOC(=O)c1cc2c(Nc3ccc4c(c3)SC(=O)C4)ncnc2[nH]1. The largest absolute Gasteiger partial charge is 0.461 e. The number of H-pyrrole nitrogens is 1. The molecule has 0 atom stereocenters. The number of hydrogen-bond acceptors (Lipinski definition) is 7. The van der Waals surface area contributed by atoms with Gasteiger partial charge in [-0.25, -0.2) is 14.8 Å². The van der Waals surface area contributed by atoms with Gasteiger partial charge in [-0.1, -0.05) is 17.8 Å². The van der Waals surface area contributed by atoms with Gasteiger partial charge in [0.1, 0.15) is 23.5 Å². The van der Waals surface area contributed by atoms with Gasteiger partial charge in [-0.15, -0.1) is 0 Å². The van der Waals surface area contributed by atoms with E-state index in [1.54, 1.807) is 13.0 Å². The van der Waals surface area contributed by atoms with E-state index in [0.29, 0.717) is 35.6 Å². The third kappa shape index (κ3) is 2.96. The van der Waals surface area contributed by atoms with E-state index in [2.05, 4.69) is 20.3 Å². The maximum Gasteiger partial charge on any atom is 0.354 e. The third-order valence-electron chi connectivity index (χ3n) is 3.81. The minimum atomic E-state index is -0.432. The van der Waals surface area contributed by atoms with Crippen LogP contribution in [-0.2, 0) is 16.0 Å². The Morgan fingerprint density at radius 3 is 3.08 bits per heavy atom. The molecule has 0 aliphatic carbocycles. The molecule has 3 heterocycles. The van der Waals surface area contributed by atoms with Gasteiger partial charge in [-0.3, -0.25) is 4.79 Å². The van der Waals surface area contributed by atoms with Crippen molar-refractivity contribution in [1.29, 1.82) is 0 Å². The van der Waals surface area contributed by atoms with Gasteiger partial charge < -0.3 is 15.0 Å². The van der Waals surface area contributed by atoms with E-state index in [4.69, 9.17) is 4.74 Å². The van der Waals surface area contributed by atoms with Crippen molar-refractivity contribution in [2.75, 3.05) is 11.9 Å². The molecule has 4 rings (SSSR count). The summed E-state index contributed by atoms with van der Waals surface area (Å²) in [6, 6.07) is 7.44. The normalized spacial score (nSPS) is 13.1. The molecule has 8 heteroatoms. The monoisotopic (exact) mass is 354 g/mol. The average Bonchev–Trinajstić information content (AvgIpc) is 3.18. The fourth-order valence-corrected chi connectivity index (χ4v) is 3.61. The highest BCUT2D eigenvalue weighted by Gasteiger charge is 2.20. The van der Waals surface area contributed by atoms with Gasteiger partial charge >= 0.3 is 5.97 Å². The summed E-state index contributed by atoms with van der Waals surface area (Å²) in [5.74, 6) is 0.143. The van der Waals surface area contributed by atoms with Gasteiger partial charge in [0.2, 0.25) is 0 Å². The molecule has 0 amide bonds. The zero-order valence-corrected chi connectivity index (χ0v) is 14.1. The molecule has 0 bridgehead atoms. The number of aromatic amines is 1. The number of benzene rings is 1. The van der Waals surface area contributed by atoms with E-state index in [9.17, 15) is 9.59 Å². The summed E-state index contributed by atoms with van der Waals surface area (Å²) in [7, 11) is 0. The van der Waals surface area contributed by atoms with Crippen molar-refractivity contribution < 1.29 is 14.3 Å². The molecular weight excluding hydrogens is 340 g/mol. The summed E-state index contributed by atoms with van der Waals surface area (Å²) >= 11 is 1.25. The van der Waals surface area contributed by atoms with Crippen LogP contribution in [0.15, 0.2) is 35.5 Å². The first-order valence-corrected chi connectivity index (χ1v) is 8.57. The summed E-state index contributed by atoms with van der Waals surface area (Å²) in [6.45, 7) is 2.06. The quantitative estimate of drug-likeness (QED) is 0.695. The Morgan fingerprint density at radius 2 is 2.24 bits per heavy atom. The van der Waals surface area contributed by atoms with E-state index in [-0.39, 0.29) is 5.12 Å². The molecule has 1 aliphatic heterocycles. The molecule has 0 fully saturated rings. The Morgan fingerprint density at radius 1 is 1.36 bits per heavy atom. The first-order chi connectivity index (χ1) is 12.1. The molecular formula is C17H14N4O3S. The van der Waals surface area contributed by atoms with Crippen molar-refractivity contribution in [2.24, 2.45) is 0 Å². The lowest BCUT2D eigenvalue weighted by atomic mass is 10.1. The van der Waals surface area contributed by atoms with Gasteiger partial charge in [-0.2, -0.15) is 0 Å². The van der Waals surface area contributed by atoms with Crippen LogP contribution in [0.1, 0.15) is 23.0 Å². The third-order valence-corrected chi connectivity index (χ3v) is 4.78. The van der Waals surface area contributed by atoms with Crippen LogP contribution >= 0.6 is 11.8 Å². The Bertz CT molecular complexity index is 999. The number of thioether (sulfide) groups is 1. The fourth-order valence-electron chi connectivity index (χ4n) is 2.68. The highest BCUT2D eigenvalue weighted by Crippen LogP contribution is 2.35. The van der Waals surface area contributed by atoms with Crippen molar-refractivity contribution in [3.8, 4) is 0 Å². The van der Waals surface area contributed by atoms with E-state index < -0.39 is 5.97 Å². The molecule has 1 aliphatic rings. The molecule has 0 spiro atoms. The molecule has 2 aromatic heterocycles. The number of rotatable bonds is 4. The smallest absolute Gasteiger partial charge is 0.354 e. The van der Waals surface area contributed by atoms with Crippen LogP contribution in [0.2, 0.25) is 0 Å². The molecule has 25 heavy (non-hydrogen) atoms. The number of aromatic nitrogens is 3. The van der Waals surface area contributed by atoms with Gasteiger partial charge in [-0.05, 0) is 30.7 Å². The van der Waals surface area contributed by atoms with Crippen molar-refractivity contribution in [1.82, 2.24) is 15.0 Å². The maximum absolute atomic E-state index is 11.9. The summed E-state index contributed by atoms with van der Waals surface area (Å²) in [5, 5.41) is 4.07. The molecule has 0 unspecified atom stereocenters. The van der Waals surface area contributed by atoms with Gasteiger partial charge in [0, 0.05) is 17.0 Å². The molecule has 0 saturated carbocycles. The van der Waals surface area contributed by atoms with Gasteiger partial charge in [0.25, 0.3) is 0 Å². The minimum absolute atomic E-state index is 0.154. The average molecular weight is 354 g/mol. The molecule has 3 aromatic rings. The summed E-state index contributed by atoms with van der Waals surface area (Å²) in [5.41, 5.74) is 2.74. The van der Waals surface area contributed by atoms with E-state index in [1.165, 1.54) is 18.1 Å². The molecule has 0 radical (unpaired) electrons. The summed E-state index contributed by atoms with van der Waals surface area (Å²) < 4.78 is 5.00. The lowest BCUT2D eigenvalue weighted by molar-refractivity contribution is -0.110. The predicted octanol–water partition coefficient (Wildman–Crippen LogP) is 3.05. The van der Waals surface area contributed by atoms with Crippen LogP contribution < -0.4 is 5.32 Å². The van der Waals surface area contributed by atoms with Gasteiger partial charge in [0.15, 0.2) is 5.12 Å². The maximum atomic E-state index is 11.9. The lowest BCUT2D eigenvalue weighted by Crippen LogP contribution is -2.04. The van der Waals surface area contributed by atoms with Crippen molar-refractivity contribution in [2.45, 2.75) is 18.2 Å². The second kappa shape index (κ2) is 6.21. The van der Waals surface area contributed by atoms with Crippen LogP contribution in [0, 0.1) is 0 Å². The molecule has 1 aromatic carbocycles. The highest BCUT2D eigenvalue weighted by atomic mass is 32.2. The Balaban J connectivity index is 1.67. The number of fused-ring (bicyclic) bond motifs is 2. The molecule has 2 N–H and O–H groups in total. The van der Waals surface area contributed by atoms with Crippen LogP contribution in [0.25, 0.3) is 11.0 Å². The highest BCUT2D eigenvalue weighted by molar-refractivity contribution is 8.14. The Kier molecular flexibility index (Phi) is 3.89. The molecule has 7 nitrogen and oxygen atoms in total. The summed E-state index contributed by atoms with van der Waals surface area (Å²) in [4.78, 5) is 35.7. The van der Waals surface area contributed by atoms with Crippen LogP contribution in [-0.4, -0.2) is 32.6 Å².